The predicted molar refractivity (Wildman–Crippen MR) is 79.1 cm³/mol. The van der Waals surface area contributed by atoms with E-state index in [0.717, 1.165) is 10.9 Å². The van der Waals surface area contributed by atoms with Crippen molar-refractivity contribution in [3.63, 3.8) is 0 Å². The van der Waals surface area contributed by atoms with E-state index in [-0.39, 0.29) is 12.5 Å². The molecule has 1 atom stereocenters. The molecule has 2 aromatic rings. The molecule has 112 valence electrons. The quantitative estimate of drug-likeness (QED) is 0.879. The van der Waals surface area contributed by atoms with Crippen molar-refractivity contribution in [3.8, 4) is 0 Å². The summed E-state index contributed by atoms with van der Waals surface area (Å²) >= 11 is 0. The molecule has 1 aromatic carbocycles. The lowest BCUT2D eigenvalue weighted by atomic mass is 9.87. The summed E-state index contributed by atoms with van der Waals surface area (Å²) in [4.78, 5) is 23.5. The third-order valence-corrected chi connectivity index (χ3v) is 3.91. The molecule has 0 spiro atoms. The second-order valence-electron chi connectivity index (χ2n) is 5.39. The number of para-hydroxylation sites is 1. The number of carbonyl (C=O) groups is 2. The molecular formula is C15H19N3O3. The van der Waals surface area contributed by atoms with Gasteiger partial charge in [0.1, 0.15) is 0 Å². The van der Waals surface area contributed by atoms with Crippen molar-refractivity contribution in [1.29, 1.82) is 0 Å². The summed E-state index contributed by atoms with van der Waals surface area (Å²) in [6, 6.07) is 7.43. The van der Waals surface area contributed by atoms with Gasteiger partial charge in [0.15, 0.2) is 5.69 Å². The highest BCUT2D eigenvalue weighted by Gasteiger charge is 2.32. The molecule has 1 unspecified atom stereocenters. The Labute approximate surface area is 122 Å². The Kier molecular flexibility index (Phi) is 3.97. The molecule has 0 saturated heterocycles. The first-order valence-corrected chi connectivity index (χ1v) is 6.82. The Morgan fingerprint density at radius 3 is 2.67 bits per heavy atom. The summed E-state index contributed by atoms with van der Waals surface area (Å²) in [5, 5.41) is 16.9. The van der Waals surface area contributed by atoms with Gasteiger partial charge in [0.25, 0.3) is 5.91 Å². The number of aromatic nitrogens is 2. The third kappa shape index (κ3) is 2.74. The SMILES string of the molecule is CCC(C)(CNC(=O)c1nn(C)c2ccccc12)C(=O)O. The number of aryl methyl sites for hydroxylation is 1. The van der Waals surface area contributed by atoms with Crippen LogP contribution in [0.3, 0.4) is 0 Å². The molecule has 0 fully saturated rings. The van der Waals surface area contributed by atoms with Gasteiger partial charge in [-0.3, -0.25) is 14.3 Å². The molecule has 0 aliphatic heterocycles. The first kappa shape index (κ1) is 15.0. The second kappa shape index (κ2) is 5.55. The maximum absolute atomic E-state index is 12.3. The highest BCUT2D eigenvalue weighted by atomic mass is 16.4. The van der Waals surface area contributed by atoms with Crippen molar-refractivity contribution < 1.29 is 14.7 Å². The number of benzene rings is 1. The van der Waals surface area contributed by atoms with Gasteiger partial charge >= 0.3 is 5.97 Å². The van der Waals surface area contributed by atoms with Gasteiger partial charge in [-0.15, -0.1) is 0 Å². The summed E-state index contributed by atoms with van der Waals surface area (Å²) in [5.74, 6) is -1.27. The predicted octanol–water partition coefficient (Wildman–Crippen LogP) is 1.80. The van der Waals surface area contributed by atoms with E-state index in [1.54, 1.807) is 25.6 Å². The lowest BCUT2D eigenvalue weighted by Crippen LogP contribution is -2.40. The van der Waals surface area contributed by atoms with Crippen molar-refractivity contribution >= 4 is 22.8 Å². The number of aliphatic carboxylic acids is 1. The van der Waals surface area contributed by atoms with Crippen LogP contribution in [-0.2, 0) is 11.8 Å². The van der Waals surface area contributed by atoms with Gasteiger partial charge < -0.3 is 10.4 Å². The molecule has 1 heterocycles. The maximum Gasteiger partial charge on any atom is 0.311 e. The fourth-order valence-electron chi connectivity index (χ4n) is 2.09. The molecule has 0 radical (unpaired) electrons. The van der Waals surface area contributed by atoms with Crippen molar-refractivity contribution in [2.24, 2.45) is 12.5 Å². The van der Waals surface area contributed by atoms with Crippen LogP contribution in [0.25, 0.3) is 10.9 Å². The molecule has 0 bridgehead atoms. The van der Waals surface area contributed by atoms with Crippen LogP contribution in [0.2, 0.25) is 0 Å². The van der Waals surface area contributed by atoms with Gasteiger partial charge in [-0.2, -0.15) is 5.10 Å². The van der Waals surface area contributed by atoms with Crippen LogP contribution in [0.5, 0.6) is 0 Å². The molecule has 1 aromatic heterocycles. The molecule has 1 amide bonds. The number of fused-ring (bicyclic) bond motifs is 1. The zero-order valence-corrected chi connectivity index (χ0v) is 12.4. The van der Waals surface area contributed by atoms with Crippen LogP contribution in [0.4, 0.5) is 0 Å². The van der Waals surface area contributed by atoms with E-state index in [0.29, 0.717) is 12.1 Å². The van der Waals surface area contributed by atoms with E-state index in [2.05, 4.69) is 10.4 Å². The number of nitrogens with one attached hydrogen (secondary N) is 1. The van der Waals surface area contributed by atoms with Gasteiger partial charge in [0.05, 0.1) is 10.9 Å². The minimum atomic E-state index is -0.972. The lowest BCUT2D eigenvalue weighted by Gasteiger charge is -2.22. The molecule has 6 heteroatoms. The zero-order valence-electron chi connectivity index (χ0n) is 12.4. The standard InChI is InChI=1S/C15H19N3O3/c1-4-15(2,14(20)21)9-16-13(19)12-10-7-5-6-8-11(10)18(3)17-12/h5-8H,4,9H2,1-3H3,(H,16,19)(H,20,21). The van der Waals surface area contributed by atoms with E-state index in [9.17, 15) is 14.7 Å². The van der Waals surface area contributed by atoms with E-state index in [1.807, 2.05) is 24.3 Å². The summed E-state index contributed by atoms with van der Waals surface area (Å²) < 4.78 is 1.64. The fourth-order valence-corrected chi connectivity index (χ4v) is 2.09. The topological polar surface area (TPSA) is 84.2 Å². The van der Waals surface area contributed by atoms with Gasteiger partial charge in [-0.1, -0.05) is 25.1 Å². The summed E-state index contributed by atoms with van der Waals surface area (Å²) in [6.45, 7) is 3.48. The van der Waals surface area contributed by atoms with Crippen LogP contribution < -0.4 is 5.32 Å². The minimum absolute atomic E-state index is 0.0720. The van der Waals surface area contributed by atoms with Crippen molar-refractivity contribution in [2.45, 2.75) is 20.3 Å². The molecular weight excluding hydrogens is 270 g/mol. The largest absolute Gasteiger partial charge is 0.481 e. The second-order valence-corrected chi connectivity index (χ2v) is 5.39. The van der Waals surface area contributed by atoms with E-state index >= 15 is 0 Å². The van der Waals surface area contributed by atoms with Crippen LogP contribution in [0.15, 0.2) is 24.3 Å². The Balaban J connectivity index is 2.22. The van der Waals surface area contributed by atoms with Gasteiger partial charge in [0.2, 0.25) is 0 Å². The number of hydrogen-bond donors (Lipinski definition) is 2. The maximum atomic E-state index is 12.3. The molecule has 6 nitrogen and oxygen atoms in total. The monoisotopic (exact) mass is 289 g/mol. The number of carboxylic acid groups (broad SMARTS) is 1. The highest BCUT2D eigenvalue weighted by molar-refractivity contribution is 6.04. The Morgan fingerprint density at radius 1 is 1.38 bits per heavy atom. The van der Waals surface area contributed by atoms with Gasteiger partial charge in [-0.25, -0.2) is 0 Å². The Morgan fingerprint density at radius 2 is 2.05 bits per heavy atom. The number of nitrogens with zero attached hydrogens (tertiary/aromatic N) is 2. The van der Waals surface area contributed by atoms with Crippen LogP contribution in [-0.4, -0.2) is 33.3 Å². The third-order valence-electron chi connectivity index (χ3n) is 3.91. The molecule has 2 rings (SSSR count). The summed E-state index contributed by atoms with van der Waals surface area (Å²) in [5.41, 5.74) is 0.205. The van der Waals surface area contributed by atoms with E-state index in [4.69, 9.17) is 0 Å². The summed E-state index contributed by atoms with van der Waals surface area (Å²) in [7, 11) is 1.77. The van der Waals surface area contributed by atoms with Gasteiger partial charge in [-0.05, 0) is 19.4 Å². The fraction of sp³-hybridized carbons (Fsp3) is 0.400. The van der Waals surface area contributed by atoms with E-state index in [1.165, 1.54) is 0 Å². The van der Waals surface area contributed by atoms with Crippen LogP contribution in [0.1, 0.15) is 30.8 Å². The van der Waals surface area contributed by atoms with Crippen LogP contribution >= 0.6 is 0 Å². The smallest absolute Gasteiger partial charge is 0.311 e. The number of hydrogen-bond acceptors (Lipinski definition) is 3. The number of carboxylic acids is 1. The van der Waals surface area contributed by atoms with Crippen molar-refractivity contribution in [1.82, 2.24) is 15.1 Å². The zero-order chi connectivity index (χ0) is 15.6. The van der Waals surface area contributed by atoms with E-state index < -0.39 is 11.4 Å². The first-order valence-electron chi connectivity index (χ1n) is 6.82. The molecule has 0 aliphatic carbocycles. The first-order chi connectivity index (χ1) is 9.89. The lowest BCUT2D eigenvalue weighted by molar-refractivity contribution is -0.147. The Hall–Kier alpha value is -2.37. The molecule has 21 heavy (non-hydrogen) atoms. The normalized spacial score (nSPS) is 13.9. The molecule has 0 aliphatic rings. The van der Waals surface area contributed by atoms with Crippen molar-refractivity contribution in [2.75, 3.05) is 6.54 Å². The number of rotatable bonds is 5. The average molecular weight is 289 g/mol. The summed E-state index contributed by atoms with van der Waals surface area (Å²) in [6.07, 6.45) is 0.436. The van der Waals surface area contributed by atoms with Crippen LogP contribution in [0, 0.1) is 5.41 Å². The minimum Gasteiger partial charge on any atom is -0.481 e. The van der Waals surface area contributed by atoms with Gasteiger partial charge in [0, 0.05) is 19.0 Å². The molecule has 0 saturated carbocycles. The van der Waals surface area contributed by atoms with Crippen molar-refractivity contribution in [3.05, 3.63) is 30.0 Å². The average Bonchev–Trinajstić information content (AvgIpc) is 2.82. The highest BCUT2D eigenvalue weighted by Crippen LogP contribution is 2.21. The molecule has 2 N–H and O–H groups in total. The Bertz CT molecular complexity index is 693. The number of amides is 1. The number of carbonyl (C=O) groups excluding carboxylic acids is 1.